The Morgan fingerprint density at radius 1 is 1.32 bits per heavy atom. The quantitative estimate of drug-likeness (QED) is 0.939. The fourth-order valence-corrected chi connectivity index (χ4v) is 2.46. The van der Waals surface area contributed by atoms with Gasteiger partial charge in [-0.2, -0.15) is 0 Å². The van der Waals surface area contributed by atoms with Gasteiger partial charge in [0.15, 0.2) is 0 Å². The van der Waals surface area contributed by atoms with Gasteiger partial charge in [0.25, 0.3) is 0 Å². The average Bonchev–Trinajstić information content (AvgIpc) is 2.38. The number of rotatable bonds is 3. The molecule has 0 aliphatic rings. The van der Waals surface area contributed by atoms with E-state index in [1.54, 1.807) is 13.3 Å². The molecule has 2 N–H and O–H groups in total. The van der Waals surface area contributed by atoms with Crippen LogP contribution in [0.25, 0.3) is 0 Å². The van der Waals surface area contributed by atoms with E-state index in [0.717, 1.165) is 27.3 Å². The Hall–Kier alpha value is -1.75. The molecule has 0 unspecified atom stereocenters. The number of benzene rings is 1. The third-order valence-corrected chi connectivity index (χ3v) is 3.53. The minimum absolute atomic E-state index is 0.672. The Labute approximate surface area is 121 Å². The van der Waals surface area contributed by atoms with Gasteiger partial charge in [0.05, 0.1) is 23.5 Å². The highest BCUT2D eigenvalue weighted by atomic mass is 79.9. The lowest BCUT2D eigenvalue weighted by atomic mass is 10.2. The standard InChI is InChI=1S/C14H16BrN3O/c1-9-6-10(16)8-17-14(9)18(2)11-4-5-13(19-3)12(15)7-11/h4-8H,16H2,1-3H3. The second-order valence-corrected chi connectivity index (χ2v) is 5.14. The van der Waals surface area contributed by atoms with Crippen molar-refractivity contribution in [3.8, 4) is 5.75 Å². The van der Waals surface area contributed by atoms with Crippen LogP contribution < -0.4 is 15.4 Å². The lowest BCUT2D eigenvalue weighted by molar-refractivity contribution is 0.412. The van der Waals surface area contributed by atoms with Crippen LogP contribution >= 0.6 is 15.9 Å². The molecule has 0 saturated carbocycles. The summed E-state index contributed by atoms with van der Waals surface area (Å²) in [7, 11) is 3.62. The van der Waals surface area contributed by atoms with Gasteiger partial charge in [-0.1, -0.05) is 0 Å². The van der Waals surface area contributed by atoms with E-state index in [2.05, 4.69) is 20.9 Å². The van der Waals surface area contributed by atoms with Crippen LogP contribution in [0.1, 0.15) is 5.56 Å². The Bertz CT molecular complexity index is 601. The number of hydrogen-bond acceptors (Lipinski definition) is 4. The zero-order chi connectivity index (χ0) is 14.0. The molecule has 1 heterocycles. The van der Waals surface area contributed by atoms with E-state index in [-0.39, 0.29) is 0 Å². The van der Waals surface area contributed by atoms with Gasteiger partial charge in [0, 0.05) is 12.7 Å². The highest BCUT2D eigenvalue weighted by Crippen LogP contribution is 2.32. The predicted molar refractivity (Wildman–Crippen MR) is 82.1 cm³/mol. The SMILES string of the molecule is COc1ccc(N(C)c2ncc(N)cc2C)cc1Br. The van der Waals surface area contributed by atoms with Gasteiger partial charge in [-0.15, -0.1) is 0 Å². The molecule has 19 heavy (non-hydrogen) atoms. The Kier molecular flexibility index (Phi) is 3.95. The lowest BCUT2D eigenvalue weighted by Gasteiger charge is -2.21. The van der Waals surface area contributed by atoms with Crippen molar-refractivity contribution in [3.63, 3.8) is 0 Å². The summed E-state index contributed by atoms with van der Waals surface area (Å²) in [5.41, 5.74) is 8.45. The molecule has 5 heteroatoms. The first-order valence-electron chi connectivity index (χ1n) is 5.82. The molecule has 2 rings (SSSR count). The molecule has 1 aromatic carbocycles. The van der Waals surface area contributed by atoms with Crippen LogP contribution in [0.15, 0.2) is 34.9 Å². The number of pyridine rings is 1. The summed E-state index contributed by atoms with van der Waals surface area (Å²) < 4.78 is 6.14. The summed E-state index contributed by atoms with van der Waals surface area (Å²) in [4.78, 5) is 6.39. The molecular weight excluding hydrogens is 306 g/mol. The average molecular weight is 322 g/mol. The van der Waals surface area contributed by atoms with Crippen molar-refractivity contribution in [1.82, 2.24) is 4.98 Å². The number of methoxy groups -OCH3 is 1. The maximum absolute atomic E-state index is 5.72. The molecule has 0 spiro atoms. The third kappa shape index (κ3) is 2.81. The second kappa shape index (κ2) is 5.48. The van der Waals surface area contributed by atoms with E-state index in [1.807, 2.05) is 43.1 Å². The third-order valence-electron chi connectivity index (χ3n) is 2.91. The molecule has 0 aliphatic heterocycles. The number of aryl methyl sites for hydroxylation is 1. The van der Waals surface area contributed by atoms with E-state index < -0.39 is 0 Å². The predicted octanol–water partition coefficient (Wildman–Crippen LogP) is 3.51. The largest absolute Gasteiger partial charge is 0.496 e. The number of nitrogen functional groups attached to an aromatic ring is 1. The summed E-state index contributed by atoms with van der Waals surface area (Å²) in [6, 6.07) is 7.82. The Morgan fingerprint density at radius 2 is 2.05 bits per heavy atom. The molecule has 100 valence electrons. The molecular formula is C14H16BrN3O. The minimum Gasteiger partial charge on any atom is -0.496 e. The first-order valence-corrected chi connectivity index (χ1v) is 6.61. The van der Waals surface area contributed by atoms with Crippen molar-refractivity contribution < 1.29 is 4.74 Å². The van der Waals surface area contributed by atoms with Gasteiger partial charge in [-0.25, -0.2) is 4.98 Å². The number of nitrogens with two attached hydrogens (primary N) is 1. The van der Waals surface area contributed by atoms with E-state index in [4.69, 9.17) is 10.5 Å². The number of ether oxygens (including phenoxy) is 1. The molecule has 0 aliphatic carbocycles. The van der Waals surface area contributed by atoms with Crippen molar-refractivity contribution in [2.75, 3.05) is 24.8 Å². The monoisotopic (exact) mass is 321 g/mol. The molecule has 0 amide bonds. The molecule has 0 fully saturated rings. The van der Waals surface area contributed by atoms with E-state index >= 15 is 0 Å². The summed E-state index contributed by atoms with van der Waals surface area (Å²) in [6.07, 6.45) is 1.66. The number of aromatic nitrogens is 1. The van der Waals surface area contributed by atoms with E-state index in [0.29, 0.717) is 5.69 Å². The first kappa shape index (κ1) is 13.7. The second-order valence-electron chi connectivity index (χ2n) is 4.29. The maximum atomic E-state index is 5.72. The zero-order valence-corrected chi connectivity index (χ0v) is 12.7. The van der Waals surface area contributed by atoms with Crippen molar-refractivity contribution >= 4 is 33.1 Å². The van der Waals surface area contributed by atoms with Gasteiger partial charge in [0.2, 0.25) is 0 Å². The normalized spacial score (nSPS) is 10.3. The van der Waals surface area contributed by atoms with Crippen molar-refractivity contribution in [3.05, 3.63) is 40.5 Å². The Balaban J connectivity index is 2.38. The molecule has 0 radical (unpaired) electrons. The summed E-state index contributed by atoms with van der Waals surface area (Å²) in [6.45, 7) is 1.99. The number of anilines is 3. The van der Waals surface area contributed by atoms with Crippen LogP contribution in [-0.2, 0) is 0 Å². The number of halogens is 1. The molecule has 0 saturated heterocycles. The van der Waals surface area contributed by atoms with Crippen LogP contribution in [0.4, 0.5) is 17.2 Å². The molecule has 0 atom stereocenters. The van der Waals surface area contributed by atoms with E-state index in [1.165, 1.54) is 0 Å². The topological polar surface area (TPSA) is 51.4 Å². The summed E-state index contributed by atoms with van der Waals surface area (Å²) in [5, 5.41) is 0. The number of hydrogen-bond donors (Lipinski definition) is 1. The fraction of sp³-hybridized carbons (Fsp3) is 0.214. The van der Waals surface area contributed by atoms with Crippen LogP contribution in [-0.4, -0.2) is 19.1 Å². The van der Waals surface area contributed by atoms with Gasteiger partial charge < -0.3 is 15.4 Å². The van der Waals surface area contributed by atoms with Crippen LogP contribution in [0.3, 0.4) is 0 Å². The minimum atomic E-state index is 0.672. The first-order chi connectivity index (χ1) is 9.02. The van der Waals surface area contributed by atoms with Crippen LogP contribution in [0.2, 0.25) is 0 Å². The van der Waals surface area contributed by atoms with Gasteiger partial charge in [-0.3, -0.25) is 0 Å². The van der Waals surface area contributed by atoms with Gasteiger partial charge in [0.1, 0.15) is 11.6 Å². The lowest BCUT2D eigenvalue weighted by Crippen LogP contribution is -2.13. The molecule has 1 aromatic heterocycles. The van der Waals surface area contributed by atoms with Crippen LogP contribution in [0.5, 0.6) is 5.75 Å². The smallest absolute Gasteiger partial charge is 0.135 e. The molecule has 2 aromatic rings. The highest BCUT2D eigenvalue weighted by molar-refractivity contribution is 9.10. The van der Waals surface area contributed by atoms with Gasteiger partial charge >= 0.3 is 0 Å². The molecule has 0 bridgehead atoms. The van der Waals surface area contributed by atoms with Gasteiger partial charge in [-0.05, 0) is 52.7 Å². The summed E-state index contributed by atoms with van der Waals surface area (Å²) >= 11 is 3.49. The zero-order valence-electron chi connectivity index (χ0n) is 11.1. The Morgan fingerprint density at radius 3 is 2.63 bits per heavy atom. The van der Waals surface area contributed by atoms with Crippen LogP contribution in [0, 0.1) is 6.92 Å². The summed E-state index contributed by atoms with van der Waals surface area (Å²) in [5.74, 6) is 1.69. The van der Waals surface area contributed by atoms with Crippen molar-refractivity contribution in [2.24, 2.45) is 0 Å². The fourth-order valence-electron chi connectivity index (χ4n) is 1.93. The molecule has 4 nitrogen and oxygen atoms in total. The highest BCUT2D eigenvalue weighted by Gasteiger charge is 2.10. The van der Waals surface area contributed by atoms with Crippen molar-refractivity contribution in [2.45, 2.75) is 6.92 Å². The number of nitrogens with zero attached hydrogens (tertiary/aromatic N) is 2. The van der Waals surface area contributed by atoms with Crippen molar-refractivity contribution in [1.29, 1.82) is 0 Å². The van der Waals surface area contributed by atoms with E-state index in [9.17, 15) is 0 Å². The maximum Gasteiger partial charge on any atom is 0.135 e.